The van der Waals surface area contributed by atoms with E-state index >= 15 is 0 Å². The molecule has 2 heterocycles. The summed E-state index contributed by atoms with van der Waals surface area (Å²) in [7, 11) is -3.34. The predicted octanol–water partition coefficient (Wildman–Crippen LogP) is -0.849. The van der Waals surface area contributed by atoms with Crippen LogP contribution < -0.4 is 5.32 Å². The summed E-state index contributed by atoms with van der Waals surface area (Å²) < 4.78 is 27.5. The summed E-state index contributed by atoms with van der Waals surface area (Å²) in [5.41, 5.74) is 0.381. The number of Topliss-reactive ketones (excluding diaryl/α,β-unsaturated/α-hetero) is 1. The Morgan fingerprint density at radius 1 is 1.32 bits per heavy atom. The van der Waals surface area contributed by atoms with Gasteiger partial charge in [0.15, 0.2) is 21.7 Å². The third-order valence-electron chi connectivity index (χ3n) is 4.57. The van der Waals surface area contributed by atoms with Crippen LogP contribution >= 0.6 is 0 Å². The fraction of sp³-hybridized carbons (Fsp3) is 0.438. The van der Waals surface area contributed by atoms with Crippen LogP contribution in [0.1, 0.15) is 12.0 Å². The maximum atomic E-state index is 12.3. The van der Waals surface area contributed by atoms with Gasteiger partial charge in [-0.1, -0.05) is 0 Å². The lowest BCUT2D eigenvalue weighted by Crippen LogP contribution is -2.70. The van der Waals surface area contributed by atoms with E-state index in [0.29, 0.717) is 5.56 Å². The molecule has 0 saturated carbocycles. The topological polar surface area (TPSA) is 153 Å². The van der Waals surface area contributed by atoms with E-state index in [1.165, 1.54) is 24.3 Å². The van der Waals surface area contributed by atoms with Gasteiger partial charge in [0.2, 0.25) is 5.91 Å². The van der Waals surface area contributed by atoms with Crippen molar-refractivity contribution < 1.29 is 32.5 Å². The Morgan fingerprint density at radius 3 is 2.54 bits per heavy atom. The van der Waals surface area contributed by atoms with E-state index in [9.17, 15) is 32.9 Å². The Balaban J connectivity index is 1.59. The molecule has 1 N–H and O–H groups in total. The summed E-state index contributed by atoms with van der Waals surface area (Å²) >= 11 is 0. The number of benzene rings is 1. The van der Waals surface area contributed by atoms with Crippen LogP contribution in [-0.4, -0.2) is 66.2 Å². The number of carbonyl (C=O) groups is 3. The first-order valence-corrected chi connectivity index (χ1v) is 10.3. The van der Waals surface area contributed by atoms with E-state index < -0.39 is 56.4 Å². The highest BCUT2D eigenvalue weighted by Crippen LogP contribution is 2.34. The van der Waals surface area contributed by atoms with Gasteiger partial charge in [0.1, 0.15) is 12.6 Å². The third kappa shape index (κ3) is 3.87. The lowest BCUT2D eigenvalue weighted by molar-refractivity contribution is -0.384. The van der Waals surface area contributed by atoms with Crippen molar-refractivity contribution >= 4 is 33.2 Å². The highest BCUT2D eigenvalue weighted by Gasteiger charge is 2.60. The number of fused-ring (bicyclic) bond motifs is 1. The van der Waals surface area contributed by atoms with Crippen LogP contribution in [0.3, 0.4) is 0 Å². The number of sulfone groups is 1. The maximum Gasteiger partial charge on any atom is 0.337 e. The molecule has 1 aromatic carbocycles. The number of esters is 1. The van der Waals surface area contributed by atoms with Crippen molar-refractivity contribution in [1.29, 1.82) is 0 Å². The number of β-lactam (4-membered cyclic amide) rings is 1. The molecule has 1 aromatic rings. The number of carbonyl (C=O) groups excluding carboxylic acids is 3. The molecule has 2 aliphatic heterocycles. The molecular weight excluding hydrogens is 394 g/mol. The van der Waals surface area contributed by atoms with Gasteiger partial charge in [-0.15, -0.1) is 0 Å². The molecule has 150 valence electrons. The number of amides is 1. The number of rotatable bonds is 7. The average molecular weight is 411 g/mol. The number of ether oxygens (including phenoxy) is 1. The molecule has 2 fully saturated rings. The number of nitrogens with one attached hydrogen (secondary N) is 1. The van der Waals surface area contributed by atoms with Crippen LogP contribution in [0.2, 0.25) is 0 Å². The summed E-state index contributed by atoms with van der Waals surface area (Å²) in [6.07, 6.45) is 0.948. The van der Waals surface area contributed by atoms with Gasteiger partial charge in [-0.25, -0.2) is 13.2 Å². The summed E-state index contributed by atoms with van der Waals surface area (Å²) in [4.78, 5) is 47.9. The number of nitro benzene ring substituents is 1. The van der Waals surface area contributed by atoms with E-state index in [4.69, 9.17) is 4.74 Å². The summed E-state index contributed by atoms with van der Waals surface area (Å²) in [5.74, 6) is -2.30. The van der Waals surface area contributed by atoms with Crippen LogP contribution in [0.25, 0.3) is 0 Å². The molecule has 3 atom stereocenters. The van der Waals surface area contributed by atoms with Crippen molar-refractivity contribution in [2.24, 2.45) is 0 Å². The fourth-order valence-corrected chi connectivity index (χ4v) is 3.71. The zero-order valence-electron chi connectivity index (χ0n) is 14.7. The molecule has 0 aliphatic carbocycles. The van der Waals surface area contributed by atoms with Gasteiger partial charge in [-0.05, 0) is 17.7 Å². The molecule has 0 radical (unpaired) electrons. The lowest BCUT2D eigenvalue weighted by Gasteiger charge is -2.44. The molecule has 0 bridgehead atoms. The van der Waals surface area contributed by atoms with E-state index in [0.717, 1.165) is 11.2 Å². The average Bonchev–Trinajstić information content (AvgIpc) is 2.92. The van der Waals surface area contributed by atoms with Crippen molar-refractivity contribution in [3.8, 4) is 0 Å². The number of hydrogen-bond donors (Lipinski definition) is 1. The van der Waals surface area contributed by atoms with E-state index in [-0.39, 0.29) is 18.7 Å². The number of hydrogen-bond acceptors (Lipinski definition) is 9. The number of nitro groups is 1. The summed E-state index contributed by atoms with van der Waals surface area (Å²) in [6, 6.07) is 2.60. The SMILES string of the molecule is CS(=O)(=O)CN[C@H]1C(=O)N2[C@@H](C(=O)OCc3ccc([N+](=O)[O-])cc3)C(=O)C[C@H]12. The Labute approximate surface area is 159 Å². The number of nitrogens with zero attached hydrogens (tertiary/aromatic N) is 2. The first-order chi connectivity index (χ1) is 13.1. The standard InChI is InChI=1S/C16H17N3O8S/c1-28(25,26)8-17-13-11-6-12(20)14(18(11)15(13)21)16(22)27-7-9-2-4-10(5-3-9)19(23)24/h2-5,11,13-14,17H,6-8H2,1H3/t11-,13-,14-/m1/s1. The highest BCUT2D eigenvalue weighted by atomic mass is 32.2. The minimum absolute atomic E-state index is 0.0650. The molecule has 0 aromatic heterocycles. The first kappa shape index (κ1) is 19.9. The van der Waals surface area contributed by atoms with Gasteiger partial charge >= 0.3 is 5.97 Å². The third-order valence-corrected chi connectivity index (χ3v) is 5.26. The first-order valence-electron chi connectivity index (χ1n) is 8.24. The van der Waals surface area contributed by atoms with Crippen LogP contribution in [0.5, 0.6) is 0 Å². The van der Waals surface area contributed by atoms with Gasteiger partial charge in [0.05, 0.1) is 16.8 Å². The minimum atomic E-state index is -3.34. The van der Waals surface area contributed by atoms with Crippen LogP contribution in [0.15, 0.2) is 24.3 Å². The van der Waals surface area contributed by atoms with Crippen molar-refractivity contribution in [3.05, 3.63) is 39.9 Å². The summed E-state index contributed by atoms with van der Waals surface area (Å²) in [6.45, 7) is -0.205. The zero-order valence-corrected chi connectivity index (χ0v) is 15.5. The van der Waals surface area contributed by atoms with Crippen LogP contribution in [-0.2, 0) is 35.6 Å². The Kier molecular flexibility index (Phi) is 5.17. The van der Waals surface area contributed by atoms with Gasteiger partial charge < -0.3 is 9.64 Å². The van der Waals surface area contributed by atoms with E-state index in [1.54, 1.807) is 0 Å². The monoisotopic (exact) mass is 411 g/mol. The fourth-order valence-electron chi connectivity index (χ4n) is 3.23. The molecule has 12 heteroatoms. The van der Waals surface area contributed by atoms with Gasteiger partial charge in [0, 0.05) is 24.8 Å². The van der Waals surface area contributed by atoms with Gasteiger partial charge in [-0.2, -0.15) is 0 Å². The van der Waals surface area contributed by atoms with Crippen molar-refractivity contribution in [2.45, 2.75) is 31.2 Å². The molecular formula is C16H17N3O8S. The second-order valence-electron chi connectivity index (χ2n) is 6.67. The molecule has 3 rings (SSSR count). The van der Waals surface area contributed by atoms with Gasteiger partial charge in [-0.3, -0.25) is 25.0 Å². The zero-order chi connectivity index (χ0) is 20.6. The molecule has 0 spiro atoms. The molecule has 2 saturated heterocycles. The molecule has 2 aliphatic rings. The van der Waals surface area contributed by atoms with Gasteiger partial charge in [0.25, 0.3) is 5.69 Å². The Morgan fingerprint density at radius 2 is 1.96 bits per heavy atom. The van der Waals surface area contributed by atoms with E-state index in [1.807, 2.05) is 0 Å². The normalized spacial score (nSPS) is 23.9. The van der Waals surface area contributed by atoms with Crippen LogP contribution in [0.4, 0.5) is 5.69 Å². The van der Waals surface area contributed by atoms with Crippen molar-refractivity contribution in [2.75, 3.05) is 12.1 Å². The largest absolute Gasteiger partial charge is 0.459 e. The smallest absolute Gasteiger partial charge is 0.337 e. The maximum absolute atomic E-state index is 12.3. The van der Waals surface area contributed by atoms with E-state index in [2.05, 4.69) is 5.32 Å². The van der Waals surface area contributed by atoms with Crippen molar-refractivity contribution in [1.82, 2.24) is 10.2 Å². The molecule has 11 nitrogen and oxygen atoms in total. The summed E-state index contributed by atoms with van der Waals surface area (Å²) in [5, 5.41) is 13.2. The second-order valence-corrected chi connectivity index (χ2v) is 8.81. The quantitative estimate of drug-likeness (QED) is 0.199. The number of ketones is 1. The lowest BCUT2D eigenvalue weighted by atomic mass is 9.96. The molecule has 0 unspecified atom stereocenters. The Bertz CT molecular complexity index is 943. The number of non-ortho nitro benzene ring substituents is 1. The minimum Gasteiger partial charge on any atom is -0.459 e. The second kappa shape index (κ2) is 7.28. The molecule has 28 heavy (non-hydrogen) atoms. The van der Waals surface area contributed by atoms with Crippen LogP contribution in [0, 0.1) is 10.1 Å². The molecule has 1 amide bonds. The highest BCUT2D eigenvalue weighted by molar-refractivity contribution is 7.90. The predicted molar refractivity (Wildman–Crippen MR) is 93.6 cm³/mol. The van der Waals surface area contributed by atoms with Crippen molar-refractivity contribution in [3.63, 3.8) is 0 Å². The Hall–Kier alpha value is -2.86.